The van der Waals surface area contributed by atoms with Gasteiger partial charge in [0.1, 0.15) is 12.4 Å². The largest absolute Gasteiger partial charge is 0.490 e. The zero-order chi connectivity index (χ0) is 27.0. The van der Waals surface area contributed by atoms with Crippen LogP contribution in [-0.4, -0.2) is 33.5 Å². The van der Waals surface area contributed by atoms with Gasteiger partial charge in [-0.25, -0.2) is 0 Å². The number of benzene rings is 2. The molecule has 39 heavy (non-hydrogen) atoms. The van der Waals surface area contributed by atoms with Crippen LogP contribution in [-0.2, 0) is 17.6 Å². The zero-order valence-electron chi connectivity index (χ0n) is 22.2. The third-order valence-corrected chi connectivity index (χ3v) is 7.64. The Labute approximate surface area is 227 Å². The molecule has 0 bridgehead atoms. The fourth-order valence-corrected chi connectivity index (χ4v) is 5.79. The van der Waals surface area contributed by atoms with Gasteiger partial charge in [0.25, 0.3) is 0 Å². The van der Waals surface area contributed by atoms with Crippen molar-refractivity contribution in [2.45, 2.75) is 38.6 Å². The molecule has 0 aliphatic carbocycles. The van der Waals surface area contributed by atoms with Crippen LogP contribution in [0, 0.1) is 5.41 Å². The van der Waals surface area contributed by atoms with E-state index in [4.69, 9.17) is 10.5 Å². The summed E-state index contributed by atoms with van der Waals surface area (Å²) in [5.74, 6) is 0.448. The monoisotopic (exact) mass is 519 g/mol. The van der Waals surface area contributed by atoms with Gasteiger partial charge in [-0.1, -0.05) is 38.1 Å². The number of carbonyl (C=O) groups is 1. The quantitative estimate of drug-likeness (QED) is 0.197. The lowest BCUT2D eigenvalue weighted by Gasteiger charge is -2.30. The number of amides is 1. The SMILES string of the molecule is CC(C)(Cc1ccc[nH]1)C1C(=O)Nc2ccc(-c3cncc(OC[C@@H](N)Cc4c[nH]c5ccccc45)c3)cc21. The lowest BCUT2D eigenvalue weighted by atomic mass is 9.72. The maximum absolute atomic E-state index is 13.1. The van der Waals surface area contributed by atoms with Gasteiger partial charge in [0.15, 0.2) is 0 Å². The highest BCUT2D eigenvalue weighted by Gasteiger charge is 2.42. The number of hydrogen-bond donors (Lipinski definition) is 4. The molecular formula is C32H33N5O2. The molecule has 1 aliphatic rings. The number of carbonyl (C=O) groups excluding carboxylic acids is 1. The lowest BCUT2D eigenvalue weighted by molar-refractivity contribution is -0.119. The maximum atomic E-state index is 13.1. The number of nitrogens with zero attached hydrogens (tertiary/aromatic N) is 1. The van der Waals surface area contributed by atoms with E-state index in [0.29, 0.717) is 18.8 Å². The summed E-state index contributed by atoms with van der Waals surface area (Å²) < 4.78 is 6.07. The zero-order valence-corrected chi connectivity index (χ0v) is 22.2. The summed E-state index contributed by atoms with van der Waals surface area (Å²) in [5, 5.41) is 4.27. The first-order chi connectivity index (χ1) is 18.9. The number of fused-ring (bicyclic) bond motifs is 2. The first-order valence-electron chi connectivity index (χ1n) is 13.3. The predicted octanol–water partition coefficient (Wildman–Crippen LogP) is 5.81. The molecule has 6 rings (SSSR count). The Morgan fingerprint density at radius 2 is 1.90 bits per heavy atom. The van der Waals surface area contributed by atoms with E-state index in [1.54, 1.807) is 6.20 Å². The van der Waals surface area contributed by atoms with Crippen molar-refractivity contribution in [3.05, 3.63) is 102 Å². The smallest absolute Gasteiger partial charge is 0.232 e. The van der Waals surface area contributed by atoms with Gasteiger partial charge in [-0.2, -0.15) is 0 Å². The van der Waals surface area contributed by atoms with E-state index in [1.165, 1.54) is 10.9 Å². The van der Waals surface area contributed by atoms with Gasteiger partial charge in [0, 0.05) is 52.5 Å². The highest BCUT2D eigenvalue weighted by molar-refractivity contribution is 6.04. The molecule has 0 saturated heterocycles. The molecule has 0 fully saturated rings. The molecule has 0 radical (unpaired) electrons. The average molecular weight is 520 g/mol. The fourth-order valence-electron chi connectivity index (χ4n) is 5.79. The Morgan fingerprint density at radius 3 is 2.74 bits per heavy atom. The van der Waals surface area contributed by atoms with Crippen LogP contribution in [0.5, 0.6) is 5.75 Å². The molecule has 0 saturated carbocycles. The van der Waals surface area contributed by atoms with E-state index in [-0.39, 0.29) is 23.3 Å². The normalized spacial score (nSPS) is 15.8. The second-order valence-electron chi connectivity index (χ2n) is 11.1. The average Bonchev–Trinajstić information content (AvgIpc) is 3.66. The van der Waals surface area contributed by atoms with Crippen LogP contribution in [0.25, 0.3) is 22.0 Å². The summed E-state index contributed by atoms with van der Waals surface area (Å²) in [4.78, 5) is 24.1. The van der Waals surface area contributed by atoms with Crippen LogP contribution >= 0.6 is 0 Å². The van der Waals surface area contributed by atoms with E-state index < -0.39 is 0 Å². The molecule has 0 spiro atoms. The Bertz CT molecular complexity index is 1620. The Morgan fingerprint density at radius 1 is 1.03 bits per heavy atom. The molecule has 2 atom stereocenters. The van der Waals surface area contributed by atoms with Gasteiger partial charge in [-0.05, 0) is 71.3 Å². The van der Waals surface area contributed by atoms with Gasteiger partial charge in [-0.15, -0.1) is 0 Å². The van der Waals surface area contributed by atoms with E-state index in [1.807, 2.05) is 55.0 Å². The second-order valence-corrected chi connectivity index (χ2v) is 11.1. The highest BCUT2D eigenvalue weighted by Crippen LogP contribution is 2.46. The minimum absolute atomic E-state index is 0.0399. The van der Waals surface area contributed by atoms with Crippen molar-refractivity contribution >= 4 is 22.5 Å². The molecule has 3 aromatic heterocycles. The molecule has 7 heteroatoms. The molecule has 7 nitrogen and oxygen atoms in total. The van der Waals surface area contributed by atoms with Crippen LogP contribution in [0.3, 0.4) is 0 Å². The number of ether oxygens (including phenoxy) is 1. The van der Waals surface area contributed by atoms with Crippen LogP contribution < -0.4 is 15.8 Å². The number of hydrogen-bond acceptors (Lipinski definition) is 4. The molecule has 5 aromatic rings. The van der Waals surface area contributed by atoms with Crippen molar-refractivity contribution in [1.82, 2.24) is 15.0 Å². The number of aromatic nitrogens is 3. The molecule has 198 valence electrons. The molecular weight excluding hydrogens is 486 g/mol. The first kappa shape index (κ1) is 24.9. The first-order valence-corrected chi connectivity index (χ1v) is 13.3. The van der Waals surface area contributed by atoms with E-state index in [0.717, 1.165) is 40.0 Å². The van der Waals surface area contributed by atoms with E-state index >= 15 is 0 Å². The Hall–Kier alpha value is -4.36. The molecule has 2 aromatic carbocycles. The third kappa shape index (κ3) is 5.05. The highest BCUT2D eigenvalue weighted by atomic mass is 16.5. The van der Waals surface area contributed by atoms with Crippen molar-refractivity contribution in [2.24, 2.45) is 11.1 Å². The number of anilines is 1. The van der Waals surface area contributed by atoms with Crippen LogP contribution in [0.4, 0.5) is 5.69 Å². The number of nitrogens with one attached hydrogen (secondary N) is 3. The summed E-state index contributed by atoms with van der Waals surface area (Å²) in [6, 6.07) is 20.2. The van der Waals surface area contributed by atoms with Gasteiger partial charge in [0.05, 0.1) is 12.1 Å². The van der Waals surface area contributed by atoms with Crippen molar-refractivity contribution < 1.29 is 9.53 Å². The molecule has 5 N–H and O–H groups in total. The van der Waals surface area contributed by atoms with Gasteiger partial charge in [0.2, 0.25) is 5.91 Å². The van der Waals surface area contributed by atoms with Crippen molar-refractivity contribution in [1.29, 1.82) is 0 Å². The summed E-state index contributed by atoms with van der Waals surface area (Å²) in [6.45, 7) is 4.67. The summed E-state index contributed by atoms with van der Waals surface area (Å²) in [6.07, 6.45) is 8.95. The van der Waals surface area contributed by atoms with E-state index in [2.05, 4.69) is 58.4 Å². The minimum Gasteiger partial charge on any atom is -0.490 e. The lowest BCUT2D eigenvalue weighted by Crippen LogP contribution is -2.30. The summed E-state index contributed by atoms with van der Waals surface area (Å²) in [7, 11) is 0. The van der Waals surface area contributed by atoms with Crippen molar-refractivity contribution in [2.75, 3.05) is 11.9 Å². The van der Waals surface area contributed by atoms with Gasteiger partial charge >= 0.3 is 0 Å². The van der Waals surface area contributed by atoms with Crippen molar-refractivity contribution in [3.63, 3.8) is 0 Å². The van der Waals surface area contributed by atoms with Crippen LogP contribution in [0.15, 0.2) is 85.5 Å². The van der Waals surface area contributed by atoms with Crippen molar-refractivity contribution in [3.8, 4) is 16.9 Å². The number of pyridine rings is 1. The summed E-state index contributed by atoms with van der Waals surface area (Å²) >= 11 is 0. The second kappa shape index (κ2) is 10.1. The maximum Gasteiger partial charge on any atom is 0.232 e. The molecule has 1 amide bonds. The topological polar surface area (TPSA) is 109 Å². The van der Waals surface area contributed by atoms with Crippen LogP contribution in [0.1, 0.15) is 36.6 Å². The fraction of sp³-hybridized carbons (Fsp3) is 0.250. The number of para-hydroxylation sites is 1. The summed E-state index contributed by atoms with van der Waals surface area (Å²) in [5.41, 5.74) is 13.4. The number of aromatic amines is 2. The standard InChI is InChI=1S/C32H33N5O2/c1-32(2,15-24-6-5-11-35-24)30-27-14-20(9-10-29(27)37-31(30)38)21-13-25(18-34-16-21)39-19-23(33)12-22-17-36-28-8-4-3-7-26(22)28/h3-11,13-14,16-18,23,30,35-36H,12,15,19,33H2,1-2H3,(H,37,38)/t23-,30?/m0/s1. The number of rotatable bonds is 9. The Kier molecular flexibility index (Phi) is 6.45. The molecule has 1 aliphatic heterocycles. The van der Waals surface area contributed by atoms with Gasteiger partial charge < -0.3 is 25.8 Å². The third-order valence-electron chi connectivity index (χ3n) is 7.64. The molecule has 1 unspecified atom stereocenters. The minimum atomic E-state index is -0.275. The molecule has 4 heterocycles. The van der Waals surface area contributed by atoms with Crippen LogP contribution in [0.2, 0.25) is 0 Å². The number of H-pyrrole nitrogens is 2. The number of nitrogens with two attached hydrogens (primary N) is 1. The Balaban J connectivity index is 1.17. The van der Waals surface area contributed by atoms with E-state index in [9.17, 15) is 4.79 Å². The van der Waals surface area contributed by atoms with Gasteiger partial charge in [-0.3, -0.25) is 9.78 Å². The predicted molar refractivity (Wildman–Crippen MR) is 155 cm³/mol.